The lowest BCUT2D eigenvalue weighted by Gasteiger charge is -2.23. The van der Waals surface area contributed by atoms with Gasteiger partial charge in [0.25, 0.3) is 0 Å². The van der Waals surface area contributed by atoms with Gasteiger partial charge in [0.1, 0.15) is 0 Å². The Hall–Kier alpha value is -6.97. The monoisotopic (exact) mass is 703 g/mol. The molecule has 1 aliphatic carbocycles. The molecule has 1 aliphatic rings. The van der Waals surface area contributed by atoms with Crippen LogP contribution in [0.4, 0.5) is 0 Å². The number of aromatic nitrogens is 3. The third-order valence-corrected chi connectivity index (χ3v) is 11.2. The minimum Gasteiger partial charge on any atom is -0.264 e. The molecule has 0 bridgehead atoms. The van der Waals surface area contributed by atoms with Gasteiger partial charge in [0.15, 0.2) is 5.82 Å². The maximum Gasteiger partial charge on any atom is 0.160 e. The molecule has 2 aromatic heterocycles. The molecule has 0 aliphatic heterocycles. The summed E-state index contributed by atoms with van der Waals surface area (Å²) in [5, 5.41) is 2.52. The van der Waals surface area contributed by atoms with Crippen LogP contribution in [-0.4, -0.2) is 15.0 Å². The molecule has 0 fully saturated rings. The Morgan fingerprint density at radius 1 is 0.382 bits per heavy atom. The average molecular weight is 704 g/mol. The van der Waals surface area contributed by atoms with Crippen molar-refractivity contribution in [2.24, 2.45) is 0 Å². The highest BCUT2D eigenvalue weighted by Gasteiger charge is 2.37. The van der Waals surface area contributed by atoms with Crippen molar-refractivity contribution in [2.45, 2.75) is 19.3 Å². The molecule has 0 amide bonds. The largest absolute Gasteiger partial charge is 0.264 e. The smallest absolute Gasteiger partial charge is 0.160 e. The van der Waals surface area contributed by atoms with Crippen LogP contribution >= 0.6 is 0 Å². The van der Waals surface area contributed by atoms with Gasteiger partial charge in [-0.1, -0.05) is 153 Å². The SMILES string of the molecule is CC1(C)c2ccccc2-c2c1cc(-c1cc(-c3ccc(-c4cccnc4)cc3)cc(-c3cc(-c4ccccc4)nc(-c4ccccc4)n3)c1)c1ccccc21. The fourth-order valence-corrected chi connectivity index (χ4v) is 8.34. The zero-order chi connectivity index (χ0) is 36.9. The summed E-state index contributed by atoms with van der Waals surface area (Å²) >= 11 is 0. The first kappa shape index (κ1) is 32.7. The predicted octanol–water partition coefficient (Wildman–Crippen LogP) is 13.3. The van der Waals surface area contributed by atoms with E-state index in [0.717, 1.165) is 55.9 Å². The van der Waals surface area contributed by atoms with Gasteiger partial charge in [0, 0.05) is 34.5 Å². The van der Waals surface area contributed by atoms with Gasteiger partial charge >= 0.3 is 0 Å². The van der Waals surface area contributed by atoms with Crippen molar-refractivity contribution in [2.75, 3.05) is 0 Å². The van der Waals surface area contributed by atoms with Crippen LogP contribution < -0.4 is 0 Å². The van der Waals surface area contributed by atoms with Gasteiger partial charge in [0.05, 0.1) is 11.4 Å². The lowest BCUT2D eigenvalue weighted by molar-refractivity contribution is 0.661. The van der Waals surface area contributed by atoms with Gasteiger partial charge in [-0.3, -0.25) is 4.98 Å². The third kappa shape index (κ3) is 5.73. The van der Waals surface area contributed by atoms with Gasteiger partial charge in [-0.2, -0.15) is 0 Å². The molecule has 3 heteroatoms. The number of benzene rings is 7. The van der Waals surface area contributed by atoms with E-state index in [1.165, 1.54) is 38.6 Å². The van der Waals surface area contributed by atoms with Crippen LogP contribution in [-0.2, 0) is 5.41 Å². The van der Waals surface area contributed by atoms with Crippen LogP contribution in [0.3, 0.4) is 0 Å². The predicted molar refractivity (Wildman–Crippen MR) is 228 cm³/mol. The van der Waals surface area contributed by atoms with Crippen molar-refractivity contribution < 1.29 is 0 Å². The standard InChI is InChI=1S/C52H37N3/c1-52(2)46-22-12-11-21-44(46)50-43-20-10-9-19-42(43)45(31-47(50)52)40-28-39(35-25-23-34(24-26-35)38-18-13-27-53-33-38)29-41(30-40)49-32-48(36-14-5-3-6-15-36)54-51(55-49)37-16-7-4-8-17-37/h3-33H,1-2H3. The molecule has 0 saturated heterocycles. The Morgan fingerprint density at radius 3 is 1.69 bits per heavy atom. The number of nitrogens with zero attached hydrogens (tertiary/aromatic N) is 3. The Kier molecular flexibility index (Phi) is 7.81. The first-order chi connectivity index (χ1) is 27.0. The molecule has 0 spiro atoms. The lowest BCUT2D eigenvalue weighted by Crippen LogP contribution is -2.15. The van der Waals surface area contributed by atoms with Crippen LogP contribution in [0, 0.1) is 0 Å². The molecule has 0 unspecified atom stereocenters. The number of hydrogen-bond donors (Lipinski definition) is 0. The summed E-state index contributed by atoms with van der Waals surface area (Å²) in [6.45, 7) is 4.72. The highest BCUT2D eigenvalue weighted by atomic mass is 14.9. The van der Waals surface area contributed by atoms with E-state index in [-0.39, 0.29) is 5.41 Å². The van der Waals surface area contributed by atoms with Gasteiger partial charge in [0.2, 0.25) is 0 Å². The quantitative estimate of drug-likeness (QED) is 0.173. The Labute approximate surface area is 321 Å². The van der Waals surface area contributed by atoms with E-state index in [4.69, 9.17) is 9.97 Å². The normalized spacial score (nSPS) is 12.7. The van der Waals surface area contributed by atoms with E-state index in [0.29, 0.717) is 5.82 Å². The second-order valence-electron chi connectivity index (χ2n) is 14.9. The summed E-state index contributed by atoms with van der Waals surface area (Å²) < 4.78 is 0. The highest BCUT2D eigenvalue weighted by molar-refractivity contribution is 6.09. The lowest BCUT2D eigenvalue weighted by atomic mass is 9.80. The van der Waals surface area contributed by atoms with E-state index in [1.807, 2.05) is 42.7 Å². The summed E-state index contributed by atoms with van der Waals surface area (Å²) in [5.74, 6) is 0.701. The molecule has 7 aromatic carbocycles. The highest BCUT2D eigenvalue weighted by Crippen LogP contribution is 2.53. The molecule has 260 valence electrons. The molecule has 0 radical (unpaired) electrons. The van der Waals surface area contributed by atoms with Crippen molar-refractivity contribution in [3.8, 4) is 78.4 Å². The topological polar surface area (TPSA) is 38.7 Å². The van der Waals surface area contributed by atoms with Crippen molar-refractivity contribution in [3.05, 3.63) is 199 Å². The summed E-state index contributed by atoms with van der Waals surface area (Å²) in [4.78, 5) is 14.7. The molecule has 2 heterocycles. The van der Waals surface area contributed by atoms with Gasteiger partial charge in [-0.25, -0.2) is 9.97 Å². The molecule has 0 N–H and O–H groups in total. The van der Waals surface area contributed by atoms with E-state index in [9.17, 15) is 0 Å². The zero-order valence-corrected chi connectivity index (χ0v) is 30.7. The minimum absolute atomic E-state index is 0.144. The third-order valence-electron chi connectivity index (χ3n) is 11.2. The number of fused-ring (bicyclic) bond motifs is 5. The molecular formula is C52H37N3. The van der Waals surface area contributed by atoms with Gasteiger partial charge in [-0.15, -0.1) is 0 Å². The fourth-order valence-electron chi connectivity index (χ4n) is 8.34. The molecule has 3 nitrogen and oxygen atoms in total. The van der Waals surface area contributed by atoms with Crippen LogP contribution in [0.15, 0.2) is 188 Å². The van der Waals surface area contributed by atoms with Crippen molar-refractivity contribution in [1.82, 2.24) is 15.0 Å². The number of pyridine rings is 1. The van der Waals surface area contributed by atoms with E-state index >= 15 is 0 Å². The Bertz CT molecular complexity index is 2800. The van der Waals surface area contributed by atoms with Crippen molar-refractivity contribution in [1.29, 1.82) is 0 Å². The molecule has 9 aromatic rings. The first-order valence-electron chi connectivity index (χ1n) is 18.8. The first-order valence-corrected chi connectivity index (χ1v) is 18.8. The maximum absolute atomic E-state index is 5.28. The number of rotatable bonds is 6. The van der Waals surface area contributed by atoms with Crippen LogP contribution in [0.1, 0.15) is 25.0 Å². The Balaban J connectivity index is 1.22. The summed E-state index contributed by atoms with van der Waals surface area (Å²) in [7, 11) is 0. The van der Waals surface area contributed by atoms with E-state index in [1.54, 1.807) is 0 Å². The van der Waals surface area contributed by atoms with Crippen LogP contribution in [0.2, 0.25) is 0 Å². The van der Waals surface area contributed by atoms with Crippen molar-refractivity contribution in [3.63, 3.8) is 0 Å². The van der Waals surface area contributed by atoms with E-state index in [2.05, 4.69) is 164 Å². The van der Waals surface area contributed by atoms with Gasteiger partial charge in [-0.05, 0) is 103 Å². The molecule has 0 saturated carbocycles. The second kappa shape index (κ2) is 13.2. The Morgan fingerprint density at radius 2 is 0.964 bits per heavy atom. The van der Waals surface area contributed by atoms with E-state index < -0.39 is 0 Å². The summed E-state index contributed by atoms with van der Waals surface area (Å²) in [5.41, 5.74) is 16.9. The molecule has 55 heavy (non-hydrogen) atoms. The molecule has 0 atom stereocenters. The minimum atomic E-state index is -0.144. The van der Waals surface area contributed by atoms with Gasteiger partial charge < -0.3 is 0 Å². The molecule has 10 rings (SSSR count). The maximum atomic E-state index is 5.28. The average Bonchev–Trinajstić information content (AvgIpc) is 3.49. The fraction of sp³-hybridized carbons (Fsp3) is 0.0577. The second-order valence-corrected chi connectivity index (χ2v) is 14.9. The van der Waals surface area contributed by atoms with Crippen molar-refractivity contribution >= 4 is 10.8 Å². The molecular weight excluding hydrogens is 667 g/mol. The van der Waals surface area contributed by atoms with Crippen LogP contribution in [0.25, 0.3) is 89.2 Å². The van der Waals surface area contributed by atoms with Crippen LogP contribution in [0.5, 0.6) is 0 Å². The summed E-state index contributed by atoms with van der Waals surface area (Å²) in [6, 6.07) is 62.9. The zero-order valence-electron chi connectivity index (χ0n) is 30.7. The summed E-state index contributed by atoms with van der Waals surface area (Å²) in [6.07, 6.45) is 3.73. The number of hydrogen-bond acceptors (Lipinski definition) is 3.